The number of aryl methyl sites for hydroxylation is 3. The standard InChI is InChI=1S/C16H20N2S/c1-10-6-11(2)15(12(3)7-10)16-18-14(9-19-16)8-17-13-4-5-13/h6-7,9,13,17H,4-5,8H2,1-3H3. The molecule has 1 aromatic carbocycles. The zero-order valence-electron chi connectivity index (χ0n) is 11.8. The Hall–Kier alpha value is -1.19. The number of hydrogen-bond acceptors (Lipinski definition) is 3. The van der Waals surface area contributed by atoms with E-state index >= 15 is 0 Å². The van der Waals surface area contributed by atoms with Gasteiger partial charge in [0, 0.05) is 23.5 Å². The van der Waals surface area contributed by atoms with Gasteiger partial charge in [-0.25, -0.2) is 4.98 Å². The van der Waals surface area contributed by atoms with Gasteiger partial charge in [-0.05, 0) is 44.7 Å². The lowest BCUT2D eigenvalue weighted by Crippen LogP contribution is -2.15. The Bertz CT molecular complexity index is 574. The van der Waals surface area contributed by atoms with Crippen molar-refractivity contribution in [3.05, 3.63) is 39.9 Å². The second-order valence-corrected chi connectivity index (χ2v) is 6.43. The predicted molar refractivity (Wildman–Crippen MR) is 81.6 cm³/mol. The lowest BCUT2D eigenvalue weighted by Gasteiger charge is -2.08. The fourth-order valence-electron chi connectivity index (χ4n) is 2.56. The molecule has 1 aliphatic carbocycles. The SMILES string of the molecule is Cc1cc(C)c(-c2nc(CNC3CC3)cs2)c(C)c1. The summed E-state index contributed by atoms with van der Waals surface area (Å²) in [6.45, 7) is 7.42. The zero-order valence-corrected chi connectivity index (χ0v) is 12.6. The molecule has 100 valence electrons. The van der Waals surface area contributed by atoms with Gasteiger partial charge in [-0.3, -0.25) is 0 Å². The van der Waals surface area contributed by atoms with Crippen molar-refractivity contribution in [2.75, 3.05) is 0 Å². The van der Waals surface area contributed by atoms with E-state index in [2.05, 4.69) is 43.6 Å². The van der Waals surface area contributed by atoms with Crippen LogP contribution in [0.2, 0.25) is 0 Å². The summed E-state index contributed by atoms with van der Waals surface area (Å²) in [5.74, 6) is 0. The summed E-state index contributed by atoms with van der Waals surface area (Å²) in [5, 5.41) is 6.86. The first-order valence-electron chi connectivity index (χ1n) is 6.89. The van der Waals surface area contributed by atoms with Crippen molar-refractivity contribution >= 4 is 11.3 Å². The summed E-state index contributed by atoms with van der Waals surface area (Å²) in [6, 6.07) is 5.23. The predicted octanol–water partition coefficient (Wildman–Crippen LogP) is 3.99. The molecule has 0 radical (unpaired) electrons. The van der Waals surface area contributed by atoms with Crippen LogP contribution in [0.15, 0.2) is 17.5 Å². The third-order valence-corrected chi connectivity index (χ3v) is 4.50. The maximum Gasteiger partial charge on any atom is 0.124 e. The summed E-state index contributed by atoms with van der Waals surface area (Å²) < 4.78 is 0. The minimum atomic E-state index is 0.744. The van der Waals surface area contributed by atoms with Gasteiger partial charge in [0.1, 0.15) is 5.01 Å². The van der Waals surface area contributed by atoms with Crippen molar-refractivity contribution < 1.29 is 0 Å². The Morgan fingerprint density at radius 3 is 2.53 bits per heavy atom. The molecule has 0 saturated heterocycles. The second kappa shape index (κ2) is 5.06. The first-order valence-corrected chi connectivity index (χ1v) is 7.77. The Morgan fingerprint density at radius 2 is 1.89 bits per heavy atom. The highest BCUT2D eigenvalue weighted by Crippen LogP contribution is 2.31. The van der Waals surface area contributed by atoms with Crippen LogP contribution < -0.4 is 5.32 Å². The number of nitrogens with zero attached hydrogens (tertiary/aromatic N) is 1. The third kappa shape index (κ3) is 2.88. The molecule has 3 heteroatoms. The van der Waals surface area contributed by atoms with Crippen LogP contribution in [0.4, 0.5) is 0 Å². The Balaban J connectivity index is 1.85. The van der Waals surface area contributed by atoms with Gasteiger partial charge in [0.15, 0.2) is 0 Å². The van der Waals surface area contributed by atoms with Crippen molar-refractivity contribution in [1.82, 2.24) is 10.3 Å². The molecule has 1 saturated carbocycles. The van der Waals surface area contributed by atoms with Crippen molar-refractivity contribution in [1.29, 1.82) is 0 Å². The van der Waals surface area contributed by atoms with E-state index in [4.69, 9.17) is 4.98 Å². The van der Waals surface area contributed by atoms with E-state index in [0.717, 1.165) is 17.6 Å². The number of benzene rings is 1. The van der Waals surface area contributed by atoms with E-state index in [1.54, 1.807) is 11.3 Å². The van der Waals surface area contributed by atoms with Gasteiger partial charge in [0.25, 0.3) is 0 Å². The van der Waals surface area contributed by atoms with Gasteiger partial charge >= 0.3 is 0 Å². The minimum absolute atomic E-state index is 0.744. The van der Waals surface area contributed by atoms with Crippen molar-refractivity contribution in [3.8, 4) is 10.6 Å². The van der Waals surface area contributed by atoms with Crippen LogP contribution in [0.3, 0.4) is 0 Å². The number of nitrogens with one attached hydrogen (secondary N) is 1. The fraction of sp³-hybridized carbons (Fsp3) is 0.438. The van der Waals surface area contributed by atoms with Gasteiger partial charge in [0.05, 0.1) is 5.69 Å². The molecule has 0 atom stereocenters. The molecule has 0 amide bonds. The molecule has 1 fully saturated rings. The van der Waals surface area contributed by atoms with Gasteiger partial charge in [0.2, 0.25) is 0 Å². The van der Waals surface area contributed by atoms with E-state index in [1.807, 2.05) is 0 Å². The first-order chi connectivity index (χ1) is 9.13. The maximum atomic E-state index is 4.79. The summed E-state index contributed by atoms with van der Waals surface area (Å²) in [6.07, 6.45) is 2.65. The zero-order chi connectivity index (χ0) is 13.4. The topological polar surface area (TPSA) is 24.9 Å². The van der Waals surface area contributed by atoms with E-state index in [1.165, 1.54) is 40.8 Å². The van der Waals surface area contributed by atoms with Crippen LogP contribution in [-0.2, 0) is 6.54 Å². The highest BCUT2D eigenvalue weighted by atomic mass is 32.1. The van der Waals surface area contributed by atoms with Crippen LogP contribution in [0.5, 0.6) is 0 Å². The van der Waals surface area contributed by atoms with Gasteiger partial charge in [-0.2, -0.15) is 0 Å². The van der Waals surface area contributed by atoms with Gasteiger partial charge < -0.3 is 5.32 Å². The summed E-state index contributed by atoms with van der Waals surface area (Å²) in [5.41, 5.74) is 6.47. The normalized spacial score (nSPS) is 14.9. The Kier molecular flexibility index (Phi) is 3.42. The van der Waals surface area contributed by atoms with E-state index in [9.17, 15) is 0 Å². The van der Waals surface area contributed by atoms with Gasteiger partial charge in [-0.1, -0.05) is 17.7 Å². The lowest BCUT2D eigenvalue weighted by molar-refractivity contribution is 0.678. The molecule has 0 bridgehead atoms. The second-order valence-electron chi connectivity index (χ2n) is 5.57. The number of thiazole rings is 1. The minimum Gasteiger partial charge on any atom is -0.308 e. The molecule has 1 aliphatic rings. The van der Waals surface area contributed by atoms with Crippen LogP contribution >= 0.6 is 11.3 Å². The smallest absolute Gasteiger partial charge is 0.124 e. The first kappa shape index (κ1) is 12.8. The largest absolute Gasteiger partial charge is 0.308 e. The fourth-order valence-corrected chi connectivity index (χ4v) is 3.55. The number of rotatable bonds is 4. The average Bonchev–Trinajstić information content (AvgIpc) is 3.05. The van der Waals surface area contributed by atoms with Crippen molar-refractivity contribution in [3.63, 3.8) is 0 Å². The molecule has 0 spiro atoms. The van der Waals surface area contributed by atoms with E-state index in [-0.39, 0.29) is 0 Å². The van der Waals surface area contributed by atoms with Crippen LogP contribution in [0, 0.1) is 20.8 Å². The number of hydrogen-bond donors (Lipinski definition) is 1. The molecule has 3 rings (SSSR count). The van der Waals surface area contributed by atoms with Crippen LogP contribution in [0.1, 0.15) is 35.2 Å². The molecule has 2 aromatic rings. The molecule has 19 heavy (non-hydrogen) atoms. The van der Waals surface area contributed by atoms with Crippen LogP contribution in [-0.4, -0.2) is 11.0 Å². The third-order valence-electron chi connectivity index (χ3n) is 3.59. The molecule has 1 N–H and O–H groups in total. The summed E-state index contributed by atoms with van der Waals surface area (Å²) >= 11 is 1.76. The molecular weight excluding hydrogens is 252 g/mol. The molecule has 0 aliphatic heterocycles. The highest BCUT2D eigenvalue weighted by Gasteiger charge is 2.20. The molecule has 0 unspecified atom stereocenters. The molecule has 1 heterocycles. The van der Waals surface area contributed by atoms with E-state index in [0.29, 0.717) is 0 Å². The summed E-state index contributed by atoms with van der Waals surface area (Å²) in [7, 11) is 0. The van der Waals surface area contributed by atoms with Crippen molar-refractivity contribution in [2.24, 2.45) is 0 Å². The highest BCUT2D eigenvalue weighted by molar-refractivity contribution is 7.13. The maximum absolute atomic E-state index is 4.79. The Labute approximate surface area is 118 Å². The number of aromatic nitrogens is 1. The quantitative estimate of drug-likeness (QED) is 0.910. The van der Waals surface area contributed by atoms with Crippen molar-refractivity contribution in [2.45, 2.75) is 46.2 Å². The monoisotopic (exact) mass is 272 g/mol. The van der Waals surface area contributed by atoms with E-state index < -0.39 is 0 Å². The Morgan fingerprint density at radius 1 is 1.21 bits per heavy atom. The molecule has 1 aromatic heterocycles. The summed E-state index contributed by atoms with van der Waals surface area (Å²) in [4.78, 5) is 4.79. The lowest BCUT2D eigenvalue weighted by atomic mass is 10.0. The van der Waals surface area contributed by atoms with Crippen LogP contribution in [0.25, 0.3) is 10.6 Å². The van der Waals surface area contributed by atoms with Gasteiger partial charge in [-0.15, -0.1) is 11.3 Å². The molecular formula is C16H20N2S. The average molecular weight is 272 g/mol. The molecule has 2 nitrogen and oxygen atoms in total.